The van der Waals surface area contributed by atoms with Crippen molar-refractivity contribution in [3.8, 4) is 28.4 Å². The molecule has 0 spiro atoms. The highest BCUT2D eigenvalue weighted by Gasteiger charge is 2.20. The van der Waals surface area contributed by atoms with Gasteiger partial charge in [-0.25, -0.2) is 9.97 Å². The molecule has 0 aliphatic carbocycles. The molecule has 0 radical (unpaired) electrons. The van der Waals surface area contributed by atoms with Crippen molar-refractivity contribution in [2.24, 2.45) is 0 Å². The van der Waals surface area contributed by atoms with E-state index in [0.717, 1.165) is 72.4 Å². The fourth-order valence-corrected chi connectivity index (χ4v) is 6.92. The molecule has 0 aliphatic heterocycles. The fraction of sp³-hybridized carbons (Fsp3) is 0.119. The molecule has 0 N–H and O–H groups in total. The van der Waals surface area contributed by atoms with Gasteiger partial charge in [0.15, 0.2) is 0 Å². The zero-order valence-electron chi connectivity index (χ0n) is 27.3. The van der Waals surface area contributed by atoms with Gasteiger partial charge in [-0.3, -0.25) is 14.0 Å². The van der Waals surface area contributed by atoms with Gasteiger partial charge in [-0.2, -0.15) is 0 Å². The molecular formula is C42H33N5O. The first-order valence-corrected chi connectivity index (χ1v) is 16.3. The van der Waals surface area contributed by atoms with Gasteiger partial charge in [0, 0.05) is 51.8 Å². The summed E-state index contributed by atoms with van der Waals surface area (Å²) < 4.78 is 11.2. The average molecular weight is 624 g/mol. The minimum Gasteiger partial charge on any atom is -0.457 e. The van der Waals surface area contributed by atoms with E-state index in [2.05, 4.69) is 134 Å². The van der Waals surface area contributed by atoms with Crippen LogP contribution in [0.15, 0.2) is 128 Å². The number of rotatable bonds is 4. The summed E-state index contributed by atoms with van der Waals surface area (Å²) in [7, 11) is 0. The highest BCUT2D eigenvalue weighted by atomic mass is 16.5. The molecule has 0 atom stereocenters. The number of imidazole rings is 1. The first kappa shape index (κ1) is 28.2. The average Bonchev–Trinajstić information content (AvgIpc) is 3.69. The molecule has 0 aliphatic rings. The number of nitrogens with zero attached hydrogens (tertiary/aromatic N) is 5. The van der Waals surface area contributed by atoms with Crippen molar-refractivity contribution in [3.63, 3.8) is 0 Å². The Hall–Kier alpha value is -6.01. The lowest BCUT2D eigenvalue weighted by Crippen LogP contribution is -2.12. The van der Waals surface area contributed by atoms with Gasteiger partial charge < -0.3 is 4.74 Å². The summed E-state index contributed by atoms with van der Waals surface area (Å²) in [5, 5.41) is 4.32. The standard InChI is InChI=1S/C42H33N5O/c1-26-11-5-6-12-31(26)36-25-46-38-16-10-19-43-39(38)33-18-17-29(24-35(33)41(46)45-36)48-30-22-27(42(2,3)4)21-28(23-30)47-37-15-8-7-13-32(37)34-14-9-20-44-40(34)47/h5-25H,1-4H3. The predicted octanol–water partition coefficient (Wildman–Crippen LogP) is 10.6. The van der Waals surface area contributed by atoms with Crippen LogP contribution in [-0.2, 0) is 5.41 Å². The van der Waals surface area contributed by atoms with E-state index in [4.69, 9.17) is 19.7 Å². The van der Waals surface area contributed by atoms with Crippen LogP contribution in [0.5, 0.6) is 11.5 Å². The number of hydrogen-bond acceptors (Lipinski definition) is 4. The summed E-state index contributed by atoms with van der Waals surface area (Å²) in [6, 6.07) is 37.8. The summed E-state index contributed by atoms with van der Waals surface area (Å²) >= 11 is 0. The van der Waals surface area contributed by atoms with E-state index in [1.54, 1.807) is 0 Å². The summed E-state index contributed by atoms with van der Waals surface area (Å²) in [5.74, 6) is 1.50. The van der Waals surface area contributed by atoms with Crippen LogP contribution in [0.3, 0.4) is 0 Å². The van der Waals surface area contributed by atoms with Crippen molar-refractivity contribution in [1.29, 1.82) is 0 Å². The molecule has 4 aromatic carbocycles. The number of aryl methyl sites for hydroxylation is 1. The topological polar surface area (TPSA) is 57.2 Å². The van der Waals surface area contributed by atoms with E-state index in [1.165, 1.54) is 16.5 Å². The van der Waals surface area contributed by atoms with E-state index in [9.17, 15) is 0 Å². The third kappa shape index (κ3) is 4.44. The lowest BCUT2D eigenvalue weighted by Gasteiger charge is -2.22. The second-order valence-electron chi connectivity index (χ2n) is 13.5. The van der Waals surface area contributed by atoms with Crippen molar-refractivity contribution in [1.82, 2.24) is 23.9 Å². The highest BCUT2D eigenvalue weighted by Crippen LogP contribution is 2.38. The zero-order valence-corrected chi connectivity index (χ0v) is 27.3. The van der Waals surface area contributed by atoms with Crippen LogP contribution in [0.2, 0.25) is 0 Å². The first-order chi connectivity index (χ1) is 23.3. The molecule has 6 heteroatoms. The fourth-order valence-electron chi connectivity index (χ4n) is 6.92. The molecule has 0 saturated carbocycles. The predicted molar refractivity (Wildman–Crippen MR) is 196 cm³/mol. The van der Waals surface area contributed by atoms with Crippen LogP contribution in [0.4, 0.5) is 0 Å². The van der Waals surface area contributed by atoms with Crippen LogP contribution < -0.4 is 4.74 Å². The van der Waals surface area contributed by atoms with Gasteiger partial charge in [-0.05, 0) is 84.1 Å². The number of aromatic nitrogens is 5. The molecule has 9 aromatic rings. The molecular weight excluding hydrogens is 590 g/mol. The van der Waals surface area contributed by atoms with Gasteiger partial charge in [0.25, 0.3) is 0 Å². The van der Waals surface area contributed by atoms with Crippen molar-refractivity contribution in [2.45, 2.75) is 33.1 Å². The monoisotopic (exact) mass is 623 g/mol. The van der Waals surface area contributed by atoms with E-state index in [-0.39, 0.29) is 5.41 Å². The maximum Gasteiger partial charge on any atom is 0.146 e. The van der Waals surface area contributed by atoms with Crippen LogP contribution in [-0.4, -0.2) is 23.9 Å². The summed E-state index contributed by atoms with van der Waals surface area (Å²) in [5.41, 5.74) is 10.2. The van der Waals surface area contributed by atoms with Gasteiger partial charge in [0.05, 0.1) is 27.9 Å². The first-order valence-electron chi connectivity index (χ1n) is 16.3. The van der Waals surface area contributed by atoms with Crippen molar-refractivity contribution < 1.29 is 4.74 Å². The van der Waals surface area contributed by atoms with E-state index < -0.39 is 0 Å². The Balaban J connectivity index is 1.23. The minimum absolute atomic E-state index is 0.109. The van der Waals surface area contributed by atoms with Crippen molar-refractivity contribution in [2.75, 3.05) is 0 Å². The van der Waals surface area contributed by atoms with Crippen LogP contribution in [0.1, 0.15) is 31.9 Å². The summed E-state index contributed by atoms with van der Waals surface area (Å²) in [4.78, 5) is 14.8. The van der Waals surface area contributed by atoms with Gasteiger partial charge in [0.2, 0.25) is 0 Å². The molecule has 5 aromatic heterocycles. The largest absolute Gasteiger partial charge is 0.457 e. The number of benzene rings is 4. The molecule has 5 heterocycles. The lowest BCUT2D eigenvalue weighted by atomic mass is 9.86. The maximum atomic E-state index is 6.77. The Morgan fingerprint density at radius 2 is 1.40 bits per heavy atom. The Kier molecular flexibility index (Phi) is 6.18. The summed E-state index contributed by atoms with van der Waals surface area (Å²) in [6.45, 7) is 8.82. The molecule has 0 bridgehead atoms. The number of hydrogen-bond donors (Lipinski definition) is 0. The Morgan fingerprint density at radius 3 is 2.27 bits per heavy atom. The van der Waals surface area contributed by atoms with E-state index >= 15 is 0 Å². The number of ether oxygens (including phenoxy) is 1. The van der Waals surface area contributed by atoms with Crippen LogP contribution >= 0.6 is 0 Å². The van der Waals surface area contributed by atoms with E-state index in [0.29, 0.717) is 0 Å². The molecule has 232 valence electrons. The second-order valence-corrected chi connectivity index (χ2v) is 13.5. The smallest absolute Gasteiger partial charge is 0.146 e. The lowest BCUT2D eigenvalue weighted by molar-refractivity contribution is 0.479. The Labute approximate surface area is 277 Å². The van der Waals surface area contributed by atoms with Gasteiger partial charge in [-0.15, -0.1) is 0 Å². The maximum absolute atomic E-state index is 6.77. The zero-order chi connectivity index (χ0) is 32.6. The normalized spacial score (nSPS) is 12.2. The van der Waals surface area contributed by atoms with Crippen molar-refractivity contribution >= 4 is 49.4 Å². The van der Waals surface area contributed by atoms with Crippen LogP contribution in [0, 0.1) is 6.92 Å². The molecule has 0 saturated heterocycles. The molecule has 0 unspecified atom stereocenters. The number of para-hydroxylation sites is 1. The summed E-state index contributed by atoms with van der Waals surface area (Å²) in [6.07, 6.45) is 5.82. The minimum atomic E-state index is -0.109. The van der Waals surface area contributed by atoms with Gasteiger partial charge >= 0.3 is 0 Å². The molecule has 0 amide bonds. The highest BCUT2D eigenvalue weighted by molar-refractivity contribution is 6.11. The third-order valence-electron chi connectivity index (χ3n) is 9.34. The quantitative estimate of drug-likeness (QED) is 0.183. The number of pyridine rings is 3. The van der Waals surface area contributed by atoms with Crippen LogP contribution in [0.25, 0.3) is 66.3 Å². The Bertz CT molecular complexity index is 2660. The Morgan fingerprint density at radius 1 is 0.625 bits per heavy atom. The SMILES string of the molecule is Cc1ccccc1-c1cn2c3cccnc3c3ccc(Oc4cc(-n5c6ccccc6c6cccnc65)cc(C(C)(C)C)c4)cc3c2n1. The molecule has 0 fully saturated rings. The van der Waals surface area contributed by atoms with Gasteiger partial charge in [0.1, 0.15) is 22.8 Å². The van der Waals surface area contributed by atoms with E-state index in [1.807, 2.05) is 30.6 Å². The van der Waals surface area contributed by atoms with Gasteiger partial charge in [-0.1, -0.05) is 63.2 Å². The third-order valence-corrected chi connectivity index (χ3v) is 9.34. The number of fused-ring (bicyclic) bond motifs is 9. The molecule has 6 nitrogen and oxygen atoms in total. The second kappa shape index (κ2) is 10.5. The molecule has 9 rings (SSSR count). The van der Waals surface area contributed by atoms with Crippen molar-refractivity contribution in [3.05, 3.63) is 139 Å². The molecule has 48 heavy (non-hydrogen) atoms.